The van der Waals surface area contributed by atoms with Gasteiger partial charge in [-0.05, 0) is 57.6 Å². The normalized spacial score (nSPS) is 11.9. The first-order valence-electron chi connectivity index (χ1n) is 15.6. The minimum atomic E-state index is 0.807. The van der Waals surface area contributed by atoms with Gasteiger partial charge >= 0.3 is 0 Å². The van der Waals surface area contributed by atoms with Crippen molar-refractivity contribution in [2.75, 3.05) is 0 Å². The molecule has 7 aromatic carbocycles. The third-order valence-electron chi connectivity index (χ3n) is 9.33. The van der Waals surface area contributed by atoms with Crippen molar-refractivity contribution in [2.45, 2.75) is 0 Å². The largest absolute Gasteiger partial charge is 0.293 e. The molecule has 0 amide bonds. The number of benzene rings is 7. The summed E-state index contributed by atoms with van der Waals surface area (Å²) >= 11 is 0. The molecule has 0 aliphatic rings. The van der Waals surface area contributed by atoms with Crippen molar-refractivity contribution in [1.29, 1.82) is 0 Å². The second kappa shape index (κ2) is 9.62. The van der Waals surface area contributed by atoms with Crippen LogP contribution in [0.5, 0.6) is 0 Å². The van der Waals surface area contributed by atoms with E-state index in [-0.39, 0.29) is 0 Å². The minimum absolute atomic E-state index is 0.807. The molecule has 0 aliphatic carbocycles. The van der Waals surface area contributed by atoms with Gasteiger partial charge in [-0.1, -0.05) is 121 Å². The maximum atomic E-state index is 5.42. The van der Waals surface area contributed by atoms with Gasteiger partial charge in [0.1, 0.15) is 5.52 Å². The molecule has 4 nitrogen and oxygen atoms in total. The number of nitrogens with zero attached hydrogens (tertiary/aromatic N) is 4. The molecule has 0 N–H and O–H groups in total. The van der Waals surface area contributed by atoms with E-state index in [1.807, 2.05) is 12.3 Å². The van der Waals surface area contributed by atoms with Gasteiger partial charge in [0.15, 0.2) is 11.5 Å². The molecular weight excluding hydrogens is 560 g/mol. The van der Waals surface area contributed by atoms with E-state index >= 15 is 0 Å². The van der Waals surface area contributed by atoms with E-state index < -0.39 is 0 Å². The zero-order chi connectivity index (χ0) is 30.2. The zero-order valence-corrected chi connectivity index (χ0v) is 24.8. The lowest BCUT2D eigenvalue weighted by Gasteiger charge is -2.11. The van der Waals surface area contributed by atoms with Crippen LogP contribution in [0.1, 0.15) is 0 Å². The molecule has 10 aromatic rings. The third-order valence-corrected chi connectivity index (χ3v) is 9.33. The topological polar surface area (TPSA) is 35.6 Å². The van der Waals surface area contributed by atoms with Gasteiger partial charge in [0.25, 0.3) is 0 Å². The Bertz CT molecular complexity index is 2790. The Balaban J connectivity index is 1.25. The van der Waals surface area contributed by atoms with Crippen LogP contribution in [0, 0.1) is 0 Å². The van der Waals surface area contributed by atoms with Crippen LogP contribution in [0.2, 0.25) is 0 Å². The molecule has 0 unspecified atom stereocenters. The van der Waals surface area contributed by atoms with Crippen LogP contribution >= 0.6 is 0 Å². The fraction of sp³-hybridized carbons (Fsp3) is 0. The van der Waals surface area contributed by atoms with Crippen LogP contribution in [0.25, 0.3) is 88.0 Å². The van der Waals surface area contributed by atoms with Crippen LogP contribution in [-0.4, -0.2) is 19.1 Å². The Kier molecular flexibility index (Phi) is 5.25. The number of hydrogen-bond acceptors (Lipinski definition) is 2. The molecule has 0 saturated heterocycles. The van der Waals surface area contributed by atoms with Crippen LogP contribution in [-0.2, 0) is 0 Å². The molecule has 0 atom stereocenters. The maximum Gasteiger partial charge on any atom is 0.164 e. The molecule has 4 heteroatoms. The maximum absolute atomic E-state index is 5.42. The van der Waals surface area contributed by atoms with E-state index in [1.54, 1.807) is 0 Å². The van der Waals surface area contributed by atoms with E-state index in [0.717, 1.165) is 44.6 Å². The predicted molar refractivity (Wildman–Crippen MR) is 191 cm³/mol. The summed E-state index contributed by atoms with van der Waals surface area (Å²) in [6.07, 6.45) is 1.94. The van der Waals surface area contributed by atoms with Gasteiger partial charge in [0.05, 0.1) is 22.7 Å². The van der Waals surface area contributed by atoms with Gasteiger partial charge in [0, 0.05) is 27.2 Å². The molecule has 3 heterocycles. The molecule has 214 valence electrons. The van der Waals surface area contributed by atoms with E-state index in [0.29, 0.717) is 0 Å². The highest BCUT2D eigenvalue weighted by molar-refractivity contribution is 6.20. The highest BCUT2D eigenvalue weighted by atomic mass is 15.1. The van der Waals surface area contributed by atoms with Crippen molar-refractivity contribution in [1.82, 2.24) is 19.1 Å². The highest BCUT2D eigenvalue weighted by Gasteiger charge is 2.20. The summed E-state index contributed by atoms with van der Waals surface area (Å²) in [5, 5.41) is 8.33. The van der Waals surface area contributed by atoms with Crippen molar-refractivity contribution in [2.24, 2.45) is 0 Å². The monoisotopic (exact) mass is 586 g/mol. The molecule has 0 fully saturated rings. The molecule has 0 radical (unpaired) electrons. The third kappa shape index (κ3) is 3.61. The van der Waals surface area contributed by atoms with Crippen LogP contribution in [0.4, 0.5) is 0 Å². The summed E-state index contributed by atoms with van der Waals surface area (Å²) < 4.78 is 4.54. The Morgan fingerprint density at radius 3 is 1.93 bits per heavy atom. The SMILES string of the molecule is c1ccc(-c2ccc(-n3c4ccccc4c4nc(-n5c6cc7ccccc7cc6c6ccc7ccccc7c65)cnc43)cc2)cc1. The van der Waals surface area contributed by atoms with Crippen molar-refractivity contribution >= 4 is 65.4 Å². The minimum Gasteiger partial charge on any atom is -0.293 e. The molecule has 0 saturated carbocycles. The van der Waals surface area contributed by atoms with E-state index in [1.165, 1.54) is 43.4 Å². The summed E-state index contributed by atoms with van der Waals surface area (Å²) in [7, 11) is 0. The van der Waals surface area contributed by atoms with Gasteiger partial charge in [-0.2, -0.15) is 0 Å². The number of hydrogen-bond donors (Lipinski definition) is 0. The summed E-state index contributed by atoms with van der Waals surface area (Å²) in [5.74, 6) is 0.807. The molecule has 0 bridgehead atoms. The van der Waals surface area contributed by atoms with Crippen molar-refractivity contribution in [3.05, 3.63) is 158 Å². The molecule has 0 aliphatic heterocycles. The van der Waals surface area contributed by atoms with Gasteiger partial charge in [0.2, 0.25) is 0 Å². The number of aromatic nitrogens is 4. The molecule has 3 aromatic heterocycles. The Morgan fingerprint density at radius 1 is 0.435 bits per heavy atom. The molecule has 0 spiro atoms. The van der Waals surface area contributed by atoms with E-state index in [9.17, 15) is 0 Å². The lowest BCUT2D eigenvalue weighted by atomic mass is 10.0. The molecule has 46 heavy (non-hydrogen) atoms. The standard InChI is InChI=1S/C42H26N4/c1-2-10-27(11-3-1)28-18-21-32(22-19-28)45-37-17-9-8-16-35(37)40-42(45)43-26-39(44-40)46-38-25-31-14-5-4-13-30(31)24-36(38)34-23-20-29-12-6-7-15-33(29)41(34)46/h1-26H. The number of fused-ring (bicyclic) bond motifs is 9. The van der Waals surface area contributed by atoms with Gasteiger partial charge < -0.3 is 0 Å². The summed E-state index contributed by atoms with van der Waals surface area (Å²) in [4.78, 5) is 10.6. The lowest BCUT2D eigenvalue weighted by molar-refractivity contribution is 1.06. The van der Waals surface area contributed by atoms with Gasteiger partial charge in [-0.15, -0.1) is 0 Å². The first-order chi connectivity index (χ1) is 22.8. The number of para-hydroxylation sites is 1. The smallest absolute Gasteiger partial charge is 0.164 e. The summed E-state index contributed by atoms with van der Waals surface area (Å²) in [6.45, 7) is 0. The summed E-state index contributed by atoms with van der Waals surface area (Å²) in [5.41, 5.74) is 8.53. The Morgan fingerprint density at radius 2 is 1.11 bits per heavy atom. The fourth-order valence-corrected chi connectivity index (χ4v) is 7.20. The first-order valence-corrected chi connectivity index (χ1v) is 15.6. The van der Waals surface area contributed by atoms with E-state index in [2.05, 4.69) is 155 Å². The Labute approximate surface area is 264 Å². The summed E-state index contributed by atoms with van der Waals surface area (Å²) in [6, 6.07) is 53.9. The second-order valence-electron chi connectivity index (χ2n) is 11.9. The average Bonchev–Trinajstić information content (AvgIpc) is 3.63. The van der Waals surface area contributed by atoms with Crippen molar-refractivity contribution < 1.29 is 0 Å². The quantitative estimate of drug-likeness (QED) is 0.206. The number of rotatable bonds is 3. The average molecular weight is 587 g/mol. The van der Waals surface area contributed by atoms with Crippen LogP contribution in [0.3, 0.4) is 0 Å². The van der Waals surface area contributed by atoms with Crippen molar-refractivity contribution in [3.8, 4) is 22.6 Å². The predicted octanol–water partition coefficient (Wildman–Crippen LogP) is 10.6. The van der Waals surface area contributed by atoms with E-state index in [4.69, 9.17) is 9.97 Å². The molecular formula is C42H26N4. The fourth-order valence-electron chi connectivity index (χ4n) is 7.20. The van der Waals surface area contributed by atoms with Crippen LogP contribution < -0.4 is 0 Å². The lowest BCUT2D eigenvalue weighted by Crippen LogP contribution is -2.01. The van der Waals surface area contributed by atoms with Crippen molar-refractivity contribution in [3.63, 3.8) is 0 Å². The van der Waals surface area contributed by atoms with Gasteiger partial charge in [-0.3, -0.25) is 9.13 Å². The van der Waals surface area contributed by atoms with Crippen LogP contribution in [0.15, 0.2) is 158 Å². The zero-order valence-electron chi connectivity index (χ0n) is 24.8. The second-order valence-corrected chi connectivity index (χ2v) is 11.9. The highest BCUT2D eigenvalue weighted by Crippen LogP contribution is 2.39. The Hall–Kier alpha value is -6.26. The molecule has 10 rings (SSSR count). The van der Waals surface area contributed by atoms with Gasteiger partial charge in [-0.25, -0.2) is 9.97 Å². The first kappa shape index (κ1) is 25.1.